The number of benzene rings is 1. The maximum Gasteiger partial charge on any atom is 0.357 e. The van der Waals surface area contributed by atoms with Crippen LogP contribution in [0.25, 0.3) is 10.9 Å². The van der Waals surface area contributed by atoms with Crippen molar-refractivity contribution in [1.29, 1.82) is 0 Å². The van der Waals surface area contributed by atoms with Crippen LogP contribution in [-0.4, -0.2) is 36.2 Å². The number of para-hydroxylation sites is 1. The summed E-state index contributed by atoms with van der Waals surface area (Å²) in [4.78, 5) is 28.2. The lowest BCUT2D eigenvalue weighted by Gasteiger charge is -2.12. The normalized spacial score (nSPS) is 10.8. The van der Waals surface area contributed by atoms with Gasteiger partial charge in [-0.1, -0.05) is 18.2 Å². The maximum absolute atomic E-state index is 12.0. The fourth-order valence-electron chi connectivity index (χ4n) is 2.02. The van der Waals surface area contributed by atoms with Crippen molar-refractivity contribution in [3.63, 3.8) is 0 Å². The van der Waals surface area contributed by atoms with Crippen molar-refractivity contribution in [1.82, 2.24) is 4.98 Å². The van der Waals surface area contributed by atoms with Crippen LogP contribution >= 0.6 is 0 Å². The highest BCUT2D eigenvalue weighted by atomic mass is 16.5. The van der Waals surface area contributed by atoms with Crippen LogP contribution in [0.2, 0.25) is 0 Å². The monoisotopic (exact) mass is 316 g/mol. The van der Waals surface area contributed by atoms with E-state index in [-0.39, 0.29) is 30.9 Å². The number of aromatic nitrogens is 1. The van der Waals surface area contributed by atoms with Gasteiger partial charge in [-0.25, -0.2) is 9.78 Å². The summed E-state index contributed by atoms with van der Waals surface area (Å²) in [6.07, 6.45) is -0.0370. The Morgan fingerprint density at radius 3 is 2.70 bits per heavy atom. The number of carbonyl (C=O) groups is 2. The predicted octanol–water partition coefficient (Wildman–Crippen LogP) is 2.78. The Morgan fingerprint density at radius 1 is 1.26 bits per heavy atom. The van der Waals surface area contributed by atoms with Crippen molar-refractivity contribution in [3.05, 3.63) is 36.0 Å². The summed E-state index contributed by atoms with van der Waals surface area (Å²) in [5.74, 6) is -0.808. The van der Waals surface area contributed by atoms with Gasteiger partial charge in [0.1, 0.15) is 6.61 Å². The molecule has 1 heterocycles. The van der Waals surface area contributed by atoms with E-state index in [1.165, 1.54) is 6.07 Å². The summed E-state index contributed by atoms with van der Waals surface area (Å²) in [5.41, 5.74) is 1.28. The lowest BCUT2D eigenvalue weighted by atomic mass is 10.1. The number of nitrogens with zero attached hydrogens (tertiary/aromatic N) is 1. The molecule has 0 saturated heterocycles. The average molecular weight is 316 g/mol. The van der Waals surface area contributed by atoms with E-state index in [0.29, 0.717) is 11.2 Å². The van der Waals surface area contributed by atoms with Crippen molar-refractivity contribution < 1.29 is 19.1 Å². The summed E-state index contributed by atoms with van der Waals surface area (Å²) in [7, 11) is 0. The van der Waals surface area contributed by atoms with Gasteiger partial charge in [-0.3, -0.25) is 4.79 Å². The predicted molar refractivity (Wildman–Crippen MR) is 87.4 cm³/mol. The van der Waals surface area contributed by atoms with Crippen molar-refractivity contribution in [3.8, 4) is 0 Å². The number of carbonyl (C=O) groups excluding carboxylic acids is 2. The van der Waals surface area contributed by atoms with Gasteiger partial charge in [0.15, 0.2) is 5.69 Å². The molecular formula is C17H20N2O4. The molecule has 0 spiro atoms. The molecule has 6 nitrogen and oxygen atoms in total. The molecule has 0 radical (unpaired) electrons. The topological polar surface area (TPSA) is 77.5 Å². The van der Waals surface area contributed by atoms with E-state index in [1.807, 2.05) is 32.0 Å². The largest absolute Gasteiger partial charge is 0.461 e. The number of hydrogen-bond donors (Lipinski definition) is 1. The third-order valence-electron chi connectivity index (χ3n) is 3.02. The molecule has 1 N–H and O–H groups in total. The maximum atomic E-state index is 12.0. The highest BCUT2D eigenvalue weighted by Crippen LogP contribution is 2.23. The molecule has 0 bridgehead atoms. The molecule has 23 heavy (non-hydrogen) atoms. The first kappa shape index (κ1) is 16.9. The Bertz CT molecular complexity index is 713. The minimum absolute atomic E-state index is 0.0370. The summed E-state index contributed by atoms with van der Waals surface area (Å²) >= 11 is 0. The fourth-order valence-corrected chi connectivity index (χ4v) is 2.02. The summed E-state index contributed by atoms with van der Waals surface area (Å²) in [6.45, 7) is 5.65. The van der Waals surface area contributed by atoms with Gasteiger partial charge in [0, 0.05) is 5.39 Å². The van der Waals surface area contributed by atoms with Crippen LogP contribution in [0, 0.1) is 0 Å². The van der Waals surface area contributed by atoms with Crippen LogP contribution in [0.1, 0.15) is 31.3 Å². The average Bonchev–Trinajstić information content (AvgIpc) is 2.53. The van der Waals surface area contributed by atoms with E-state index < -0.39 is 5.97 Å². The van der Waals surface area contributed by atoms with E-state index in [2.05, 4.69) is 10.3 Å². The van der Waals surface area contributed by atoms with Gasteiger partial charge in [-0.05, 0) is 32.9 Å². The fraction of sp³-hybridized carbons (Fsp3) is 0.353. The van der Waals surface area contributed by atoms with Crippen LogP contribution in [0.4, 0.5) is 5.69 Å². The van der Waals surface area contributed by atoms with Gasteiger partial charge < -0.3 is 14.8 Å². The van der Waals surface area contributed by atoms with E-state index in [1.54, 1.807) is 13.0 Å². The third kappa shape index (κ3) is 4.50. The van der Waals surface area contributed by atoms with Gasteiger partial charge in [0.25, 0.3) is 0 Å². The minimum Gasteiger partial charge on any atom is -0.461 e. The molecule has 0 unspecified atom stereocenters. The van der Waals surface area contributed by atoms with Crippen LogP contribution in [0.3, 0.4) is 0 Å². The first-order valence-corrected chi connectivity index (χ1v) is 7.49. The SMILES string of the molecule is CCOC(=O)c1cc(NC(=O)COC(C)C)c2ccccc2n1. The number of ether oxygens (including phenoxy) is 2. The van der Waals surface area contributed by atoms with Crippen molar-refractivity contribution >= 4 is 28.5 Å². The van der Waals surface area contributed by atoms with Crippen LogP contribution in [0.5, 0.6) is 0 Å². The molecule has 1 amide bonds. The van der Waals surface area contributed by atoms with Gasteiger partial charge in [-0.2, -0.15) is 0 Å². The smallest absolute Gasteiger partial charge is 0.357 e. The van der Waals surface area contributed by atoms with E-state index >= 15 is 0 Å². The molecule has 2 aromatic rings. The van der Waals surface area contributed by atoms with Crippen molar-refractivity contribution in [2.75, 3.05) is 18.5 Å². The van der Waals surface area contributed by atoms with Gasteiger partial charge >= 0.3 is 5.97 Å². The van der Waals surface area contributed by atoms with Gasteiger partial charge in [-0.15, -0.1) is 0 Å². The Kier molecular flexibility index (Phi) is 5.65. The van der Waals surface area contributed by atoms with Gasteiger partial charge in [0.2, 0.25) is 5.91 Å². The number of pyridine rings is 1. The first-order chi connectivity index (χ1) is 11.0. The zero-order valence-corrected chi connectivity index (χ0v) is 13.5. The number of nitrogens with one attached hydrogen (secondary N) is 1. The molecule has 1 aromatic carbocycles. The Balaban J connectivity index is 2.32. The minimum atomic E-state index is -0.521. The first-order valence-electron chi connectivity index (χ1n) is 7.49. The van der Waals surface area contributed by atoms with Crippen LogP contribution in [0.15, 0.2) is 30.3 Å². The molecule has 0 aliphatic rings. The highest BCUT2D eigenvalue weighted by molar-refractivity contribution is 6.04. The molecule has 2 rings (SSSR count). The number of amides is 1. The molecule has 6 heteroatoms. The Hall–Kier alpha value is -2.47. The van der Waals surface area contributed by atoms with Crippen molar-refractivity contribution in [2.45, 2.75) is 26.9 Å². The lowest BCUT2D eigenvalue weighted by Crippen LogP contribution is -2.21. The number of esters is 1. The second-order valence-electron chi connectivity index (χ2n) is 5.20. The number of hydrogen-bond acceptors (Lipinski definition) is 5. The summed E-state index contributed by atoms with van der Waals surface area (Å²) in [6, 6.07) is 8.79. The van der Waals surface area contributed by atoms with Crippen LogP contribution in [-0.2, 0) is 14.3 Å². The second-order valence-corrected chi connectivity index (χ2v) is 5.20. The highest BCUT2D eigenvalue weighted by Gasteiger charge is 2.14. The molecule has 0 fully saturated rings. The Labute approximate surface area is 134 Å². The third-order valence-corrected chi connectivity index (χ3v) is 3.02. The molecule has 0 aliphatic heterocycles. The molecule has 0 saturated carbocycles. The van der Waals surface area contributed by atoms with E-state index in [9.17, 15) is 9.59 Å². The zero-order valence-electron chi connectivity index (χ0n) is 13.5. The molecule has 0 aliphatic carbocycles. The van der Waals surface area contributed by atoms with Gasteiger partial charge in [0.05, 0.1) is 23.9 Å². The zero-order chi connectivity index (χ0) is 16.8. The molecule has 0 atom stereocenters. The number of fused-ring (bicyclic) bond motifs is 1. The molecule has 1 aromatic heterocycles. The Morgan fingerprint density at radius 2 is 2.00 bits per heavy atom. The number of anilines is 1. The quantitative estimate of drug-likeness (QED) is 0.829. The molecule has 122 valence electrons. The van der Waals surface area contributed by atoms with E-state index in [0.717, 1.165) is 5.39 Å². The molecular weight excluding hydrogens is 296 g/mol. The number of rotatable bonds is 6. The van der Waals surface area contributed by atoms with Crippen LogP contribution < -0.4 is 5.32 Å². The van der Waals surface area contributed by atoms with E-state index in [4.69, 9.17) is 9.47 Å². The lowest BCUT2D eigenvalue weighted by molar-refractivity contribution is -0.121. The summed E-state index contributed by atoms with van der Waals surface area (Å²) in [5, 5.41) is 3.51. The van der Waals surface area contributed by atoms with Crippen molar-refractivity contribution in [2.24, 2.45) is 0 Å². The summed E-state index contributed by atoms with van der Waals surface area (Å²) < 4.78 is 10.3. The standard InChI is InChI=1S/C17H20N2O4/c1-4-22-17(21)15-9-14(19-16(20)10-23-11(2)3)12-7-5-6-8-13(12)18-15/h5-9,11H,4,10H2,1-3H3,(H,18,19,20). The second kappa shape index (κ2) is 7.69.